The largest absolute Gasteiger partial charge is 0.481 e. The van der Waals surface area contributed by atoms with E-state index in [1.807, 2.05) is 54.3 Å². The molecule has 1 aliphatic heterocycles. The van der Waals surface area contributed by atoms with Crippen LogP contribution in [0.3, 0.4) is 0 Å². The third kappa shape index (κ3) is 4.68. The summed E-state index contributed by atoms with van der Waals surface area (Å²) in [6.45, 7) is 5.00. The summed E-state index contributed by atoms with van der Waals surface area (Å²) in [7, 11) is 0. The minimum Gasteiger partial charge on any atom is -0.481 e. The Hall–Kier alpha value is -2.63. The average Bonchev–Trinajstić information content (AvgIpc) is 2.64. The molecule has 0 N–H and O–H groups in total. The molecule has 2 aromatic rings. The van der Waals surface area contributed by atoms with Crippen molar-refractivity contribution >= 4 is 5.91 Å². The van der Waals surface area contributed by atoms with Gasteiger partial charge in [-0.15, -0.1) is 5.10 Å². The van der Waals surface area contributed by atoms with Crippen LogP contribution in [0.5, 0.6) is 11.6 Å². The van der Waals surface area contributed by atoms with Crippen LogP contribution in [0.4, 0.5) is 0 Å². The quantitative estimate of drug-likeness (QED) is 0.836. The molecule has 132 valence electrons. The van der Waals surface area contributed by atoms with Crippen molar-refractivity contribution in [1.82, 2.24) is 15.1 Å². The predicted octanol–water partition coefficient (Wildman–Crippen LogP) is 2.62. The van der Waals surface area contributed by atoms with Gasteiger partial charge in [-0.1, -0.05) is 18.2 Å². The van der Waals surface area contributed by atoms with Crippen molar-refractivity contribution in [2.45, 2.75) is 38.9 Å². The summed E-state index contributed by atoms with van der Waals surface area (Å²) in [4.78, 5) is 14.4. The van der Waals surface area contributed by atoms with Gasteiger partial charge in [0.2, 0.25) is 5.88 Å². The number of aromatic nitrogens is 2. The second kappa shape index (κ2) is 7.96. The number of carbonyl (C=O) groups excluding carboxylic acids is 1. The van der Waals surface area contributed by atoms with E-state index in [2.05, 4.69) is 10.2 Å². The van der Waals surface area contributed by atoms with E-state index in [1.165, 1.54) is 0 Å². The van der Waals surface area contributed by atoms with Crippen molar-refractivity contribution in [3.05, 3.63) is 48.2 Å². The lowest BCUT2D eigenvalue weighted by Gasteiger charge is -2.33. The lowest BCUT2D eigenvalue weighted by molar-refractivity contribution is -0.139. The highest BCUT2D eigenvalue weighted by Crippen LogP contribution is 2.19. The van der Waals surface area contributed by atoms with Crippen molar-refractivity contribution in [2.24, 2.45) is 0 Å². The minimum atomic E-state index is -0.497. The van der Waals surface area contributed by atoms with E-state index < -0.39 is 6.10 Å². The molecule has 6 heteroatoms. The van der Waals surface area contributed by atoms with Crippen molar-refractivity contribution in [1.29, 1.82) is 0 Å². The highest BCUT2D eigenvalue weighted by Gasteiger charge is 2.28. The first-order valence-corrected chi connectivity index (χ1v) is 8.59. The van der Waals surface area contributed by atoms with Crippen LogP contribution in [0.1, 0.15) is 25.5 Å². The van der Waals surface area contributed by atoms with Gasteiger partial charge in [0.05, 0.1) is 5.69 Å². The summed E-state index contributed by atoms with van der Waals surface area (Å²) in [5, 5.41) is 8.02. The minimum absolute atomic E-state index is 0.0115. The number of piperidine rings is 1. The topological polar surface area (TPSA) is 64.5 Å². The highest BCUT2D eigenvalue weighted by molar-refractivity contribution is 5.81. The summed E-state index contributed by atoms with van der Waals surface area (Å²) >= 11 is 0. The third-order valence-electron chi connectivity index (χ3n) is 4.22. The summed E-state index contributed by atoms with van der Waals surface area (Å²) in [5.41, 5.74) is 0.861. The molecular weight excluding hydrogens is 318 g/mol. The molecule has 0 aliphatic carbocycles. The number of amides is 1. The van der Waals surface area contributed by atoms with Crippen LogP contribution in [0.2, 0.25) is 0 Å². The molecule has 25 heavy (non-hydrogen) atoms. The maximum atomic E-state index is 12.5. The van der Waals surface area contributed by atoms with Gasteiger partial charge in [0.1, 0.15) is 11.9 Å². The van der Waals surface area contributed by atoms with E-state index in [4.69, 9.17) is 9.47 Å². The average molecular weight is 341 g/mol. The maximum Gasteiger partial charge on any atom is 0.263 e. The van der Waals surface area contributed by atoms with E-state index in [0.717, 1.165) is 18.5 Å². The molecule has 1 atom stereocenters. The summed E-state index contributed by atoms with van der Waals surface area (Å²) in [6, 6.07) is 13.1. The van der Waals surface area contributed by atoms with Crippen molar-refractivity contribution in [3.63, 3.8) is 0 Å². The van der Waals surface area contributed by atoms with Gasteiger partial charge in [0.15, 0.2) is 6.10 Å². The molecule has 3 rings (SSSR count). The number of para-hydroxylation sites is 1. The Labute approximate surface area is 147 Å². The number of aryl methyl sites for hydroxylation is 1. The van der Waals surface area contributed by atoms with Crippen LogP contribution in [-0.2, 0) is 4.79 Å². The van der Waals surface area contributed by atoms with Gasteiger partial charge in [-0.3, -0.25) is 4.79 Å². The molecule has 1 amide bonds. The molecule has 6 nitrogen and oxygen atoms in total. The SMILES string of the molecule is Cc1ccc(OC2CCN(C(=O)[C@H](C)Oc3ccccc3)CC2)nn1. The Morgan fingerprint density at radius 3 is 2.48 bits per heavy atom. The van der Waals surface area contributed by atoms with E-state index in [0.29, 0.717) is 24.7 Å². The molecular formula is C19H23N3O3. The molecule has 1 aromatic carbocycles. The van der Waals surface area contributed by atoms with Crippen LogP contribution < -0.4 is 9.47 Å². The van der Waals surface area contributed by atoms with E-state index in [-0.39, 0.29) is 12.0 Å². The van der Waals surface area contributed by atoms with Gasteiger partial charge in [0, 0.05) is 32.0 Å². The first kappa shape index (κ1) is 17.2. The van der Waals surface area contributed by atoms with Crippen LogP contribution in [0.15, 0.2) is 42.5 Å². The molecule has 0 radical (unpaired) electrons. The Kier molecular flexibility index (Phi) is 5.48. The maximum absolute atomic E-state index is 12.5. The molecule has 0 unspecified atom stereocenters. The summed E-state index contributed by atoms with van der Waals surface area (Å²) < 4.78 is 11.6. The lowest BCUT2D eigenvalue weighted by atomic mass is 10.1. The Morgan fingerprint density at radius 1 is 1.12 bits per heavy atom. The standard InChI is InChI=1S/C19H23N3O3/c1-14-8-9-18(21-20-14)25-17-10-12-22(13-11-17)19(23)15(2)24-16-6-4-3-5-7-16/h3-9,15,17H,10-13H2,1-2H3/t15-/m0/s1. The number of rotatable bonds is 5. The van der Waals surface area contributed by atoms with Gasteiger partial charge in [-0.05, 0) is 32.0 Å². The fraction of sp³-hybridized carbons (Fsp3) is 0.421. The zero-order valence-corrected chi connectivity index (χ0v) is 14.6. The number of nitrogens with zero attached hydrogens (tertiary/aromatic N) is 3. The van der Waals surface area contributed by atoms with E-state index in [1.54, 1.807) is 6.92 Å². The molecule has 2 heterocycles. The number of benzene rings is 1. The Bertz CT molecular complexity index is 683. The predicted molar refractivity (Wildman–Crippen MR) is 93.5 cm³/mol. The molecule has 0 saturated carbocycles. The normalized spacial score (nSPS) is 16.3. The number of ether oxygens (including phenoxy) is 2. The van der Waals surface area contributed by atoms with Gasteiger partial charge < -0.3 is 14.4 Å². The molecule has 0 bridgehead atoms. The van der Waals surface area contributed by atoms with Gasteiger partial charge >= 0.3 is 0 Å². The molecule has 1 aromatic heterocycles. The van der Waals surface area contributed by atoms with E-state index in [9.17, 15) is 4.79 Å². The zero-order valence-electron chi connectivity index (χ0n) is 14.6. The molecule has 1 aliphatic rings. The second-order valence-electron chi connectivity index (χ2n) is 6.23. The zero-order chi connectivity index (χ0) is 17.6. The van der Waals surface area contributed by atoms with Gasteiger partial charge in [0.25, 0.3) is 5.91 Å². The van der Waals surface area contributed by atoms with Crippen LogP contribution in [0.25, 0.3) is 0 Å². The number of likely N-dealkylation sites (tertiary alicyclic amines) is 1. The van der Waals surface area contributed by atoms with Crippen LogP contribution in [0, 0.1) is 6.92 Å². The molecule has 0 spiro atoms. The Morgan fingerprint density at radius 2 is 1.84 bits per heavy atom. The van der Waals surface area contributed by atoms with Crippen LogP contribution in [-0.4, -0.2) is 46.3 Å². The van der Waals surface area contributed by atoms with E-state index >= 15 is 0 Å². The Balaban J connectivity index is 1.48. The molecule has 1 saturated heterocycles. The lowest BCUT2D eigenvalue weighted by Crippen LogP contribution is -2.46. The fourth-order valence-corrected chi connectivity index (χ4v) is 2.83. The highest BCUT2D eigenvalue weighted by atomic mass is 16.5. The van der Waals surface area contributed by atoms with Crippen molar-refractivity contribution in [2.75, 3.05) is 13.1 Å². The van der Waals surface area contributed by atoms with Gasteiger partial charge in [-0.2, -0.15) is 5.10 Å². The number of carbonyl (C=O) groups is 1. The third-order valence-corrected chi connectivity index (χ3v) is 4.22. The van der Waals surface area contributed by atoms with Crippen molar-refractivity contribution < 1.29 is 14.3 Å². The first-order chi connectivity index (χ1) is 12.1. The van der Waals surface area contributed by atoms with Crippen molar-refractivity contribution in [3.8, 4) is 11.6 Å². The number of hydrogen-bond donors (Lipinski definition) is 0. The van der Waals surface area contributed by atoms with Gasteiger partial charge in [-0.25, -0.2) is 0 Å². The number of hydrogen-bond acceptors (Lipinski definition) is 5. The summed E-state index contributed by atoms with van der Waals surface area (Å²) in [5.74, 6) is 1.26. The molecule has 1 fully saturated rings. The second-order valence-corrected chi connectivity index (χ2v) is 6.23. The van der Waals surface area contributed by atoms with Crippen LogP contribution >= 0.6 is 0 Å². The smallest absolute Gasteiger partial charge is 0.263 e. The fourth-order valence-electron chi connectivity index (χ4n) is 2.83. The monoisotopic (exact) mass is 341 g/mol. The summed E-state index contributed by atoms with van der Waals surface area (Å²) in [6.07, 6.45) is 1.12. The first-order valence-electron chi connectivity index (χ1n) is 8.59.